The van der Waals surface area contributed by atoms with Gasteiger partial charge in [0.05, 0.1) is 17.1 Å². The third-order valence-corrected chi connectivity index (χ3v) is 6.01. The number of rotatable bonds is 4. The van der Waals surface area contributed by atoms with E-state index in [0.29, 0.717) is 5.92 Å². The molecule has 0 saturated heterocycles. The van der Waals surface area contributed by atoms with Gasteiger partial charge in [0.15, 0.2) is 0 Å². The van der Waals surface area contributed by atoms with Crippen LogP contribution in [-0.2, 0) is 0 Å². The van der Waals surface area contributed by atoms with E-state index < -0.39 is 0 Å². The fourth-order valence-electron chi connectivity index (χ4n) is 4.60. The lowest BCUT2D eigenvalue weighted by atomic mass is 9.96. The van der Waals surface area contributed by atoms with Crippen molar-refractivity contribution in [3.8, 4) is 0 Å². The summed E-state index contributed by atoms with van der Waals surface area (Å²) < 4.78 is 0. The van der Waals surface area contributed by atoms with Crippen LogP contribution in [0.3, 0.4) is 0 Å². The Kier molecular flexibility index (Phi) is 4.02. The van der Waals surface area contributed by atoms with Crippen LogP contribution in [-0.4, -0.2) is 46.6 Å². The molecular formula is C23H27N5. The third-order valence-electron chi connectivity index (χ3n) is 6.01. The van der Waals surface area contributed by atoms with Gasteiger partial charge in [-0.15, -0.1) is 0 Å². The predicted octanol–water partition coefficient (Wildman–Crippen LogP) is 3.22. The van der Waals surface area contributed by atoms with Gasteiger partial charge in [0.2, 0.25) is 0 Å². The number of hydrogen-bond acceptors (Lipinski definition) is 5. The second-order valence-electron chi connectivity index (χ2n) is 8.49. The largest absolute Gasteiger partial charge is 0.360 e. The van der Waals surface area contributed by atoms with E-state index in [-0.39, 0.29) is 6.17 Å². The van der Waals surface area contributed by atoms with E-state index in [1.807, 2.05) is 19.2 Å². The summed E-state index contributed by atoms with van der Waals surface area (Å²) in [6, 6.07) is 2.02. The second kappa shape index (κ2) is 6.45. The van der Waals surface area contributed by atoms with Gasteiger partial charge in [-0.05, 0) is 75.6 Å². The van der Waals surface area contributed by atoms with Gasteiger partial charge in [-0.1, -0.05) is 17.7 Å². The van der Waals surface area contributed by atoms with Crippen LogP contribution in [0.25, 0.3) is 5.70 Å². The van der Waals surface area contributed by atoms with E-state index in [0.717, 1.165) is 29.7 Å². The van der Waals surface area contributed by atoms with Crippen molar-refractivity contribution in [3.05, 3.63) is 76.7 Å². The van der Waals surface area contributed by atoms with Crippen molar-refractivity contribution in [2.24, 2.45) is 11.8 Å². The molecule has 1 aromatic rings. The first-order valence-corrected chi connectivity index (χ1v) is 10.0. The van der Waals surface area contributed by atoms with Gasteiger partial charge in [-0.2, -0.15) is 0 Å². The molecule has 1 saturated carbocycles. The Hall–Kier alpha value is -2.66. The molecule has 3 atom stereocenters. The minimum absolute atomic E-state index is 0.130. The average molecular weight is 374 g/mol. The molecule has 5 rings (SSSR count). The van der Waals surface area contributed by atoms with Crippen molar-refractivity contribution in [1.29, 1.82) is 0 Å². The summed E-state index contributed by atoms with van der Waals surface area (Å²) in [5.41, 5.74) is 7.64. The van der Waals surface area contributed by atoms with Crippen LogP contribution in [0.4, 0.5) is 0 Å². The Morgan fingerprint density at radius 2 is 2.07 bits per heavy atom. The summed E-state index contributed by atoms with van der Waals surface area (Å²) in [4.78, 5) is 13.6. The minimum atomic E-state index is 0.130. The molecule has 1 N–H and O–H groups in total. The average Bonchev–Trinajstić information content (AvgIpc) is 3.37. The molecule has 0 amide bonds. The number of nitrogens with one attached hydrogen (secondary N) is 1. The molecule has 5 nitrogen and oxygen atoms in total. The number of aromatic nitrogens is 2. The van der Waals surface area contributed by atoms with Gasteiger partial charge in [-0.3, -0.25) is 0 Å². The molecule has 3 heterocycles. The van der Waals surface area contributed by atoms with Crippen LogP contribution in [0.1, 0.15) is 24.9 Å². The quantitative estimate of drug-likeness (QED) is 0.878. The van der Waals surface area contributed by atoms with Gasteiger partial charge in [0, 0.05) is 18.9 Å². The number of hydrogen-bond donors (Lipinski definition) is 1. The van der Waals surface area contributed by atoms with Crippen LogP contribution >= 0.6 is 0 Å². The van der Waals surface area contributed by atoms with Crippen molar-refractivity contribution < 1.29 is 0 Å². The molecule has 0 radical (unpaired) electrons. The van der Waals surface area contributed by atoms with E-state index in [2.05, 4.69) is 71.6 Å². The van der Waals surface area contributed by atoms with E-state index >= 15 is 0 Å². The lowest BCUT2D eigenvalue weighted by molar-refractivity contribution is 0.415. The number of nitrogens with zero attached hydrogens (tertiary/aromatic N) is 4. The van der Waals surface area contributed by atoms with Gasteiger partial charge in [0.1, 0.15) is 12.0 Å². The molecule has 0 spiro atoms. The van der Waals surface area contributed by atoms with Crippen molar-refractivity contribution >= 4 is 5.70 Å². The number of fused-ring (bicyclic) bond motifs is 2. The molecule has 2 aliphatic carbocycles. The van der Waals surface area contributed by atoms with Crippen molar-refractivity contribution in [2.45, 2.75) is 26.4 Å². The Balaban J connectivity index is 1.58. The lowest BCUT2D eigenvalue weighted by Gasteiger charge is -2.27. The maximum atomic E-state index is 4.76. The monoisotopic (exact) mass is 373 g/mol. The van der Waals surface area contributed by atoms with Crippen molar-refractivity contribution in [2.75, 3.05) is 20.6 Å². The van der Waals surface area contributed by atoms with E-state index in [4.69, 9.17) is 4.98 Å². The zero-order valence-corrected chi connectivity index (χ0v) is 17.0. The number of likely N-dealkylation sites (N-methyl/N-ethyl adjacent to an activating group) is 1. The van der Waals surface area contributed by atoms with E-state index in [1.54, 1.807) is 0 Å². The van der Waals surface area contributed by atoms with Crippen LogP contribution < -0.4 is 5.32 Å². The van der Waals surface area contributed by atoms with Gasteiger partial charge in [-0.25, -0.2) is 9.97 Å². The highest BCUT2D eigenvalue weighted by molar-refractivity contribution is 5.74. The van der Waals surface area contributed by atoms with Crippen LogP contribution in [0, 0.1) is 18.8 Å². The summed E-state index contributed by atoms with van der Waals surface area (Å²) >= 11 is 0. The van der Waals surface area contributed by atoms with E-state index in [9.17, 15) is 0 Å². The predicted molar refractivity (Wildman–Crippen MR) is 112 cm³/mol. The van der Waals surface area contributed by atoms with Crippen LogP contribution in [0.15, 0.2) is 65.2 Å². The standard InChI is InChI=1S/C23H27N5/c1-14-5-6-17(19-12-18(14)19)22-23(20-7-9-24-15(2)25-20)28-10-8-16(13-27(3)4)11-21(28)26-22/h5-11,18-19,21,26H,12-13H2,1-4H3. The fraction of sp³-hybridized carbons (Fsp3) is 0.391. The third kappa shape index (κ3) is 2.90. The van der Waals surface area contributed by atoms with Gasteiger partial charge < -0.3 is 15.1 Å². The highest BCUT2D eigenvalue weighted by Gasteiger charge is 2.46. The molecule has 2 aliphatic heterocycles. The number of allylic oxidation sites excluding steroid dienone is 4. The molecule has 3 unspecified atom stereocenters. The summed E-state index contributed by atoms with van der Waals surface area (Å²) in [5.74, 6) is 2.16. The maximum Gasteiger partial charge on any atom is 0.125 e. The fourth-order valence-corrected chi connectivity index (χ4v) is 4.60. The molecule has 0 aromatic carbocycles. The Morgan fingerprint density at radius 1 is 1.21 bits per heavy atom. The molecular weight excluding hydrogens is 346 g/mol. The van der Waals surface area contributed by atoms with Gasteiger partial charge in [0.25, 0.3) is 0 Å². The Bertz CT molecular complexity index is 978. The second-order valence-corrected chi connectivity index (χ2v) is 8.49. The molecule has 0 bridgehead atoms. The SMILES string of the molecule is CC1=CC=C(C2=C(c3ccnc(C)n3)N3C=CC(CN(C)C)=CC3N2)C2CC12. The molecule has 5 heteroatoms. The first kappa shape index (κ1) is 17.4. The van der Waals surface area contributed by atoms with Crippen LogP contribution in [0.2, 0.25) is 0 Å². The maximum absolute atomic E-state index is 4.76. The molecule has 4 aliphatic rings. The minimum Gasteiger partial charge on any atom is -0.360 e. The summed E-state index contributed by atoms with van der Waals surface area (Å²) in [5, 5.41) is 3.81. The normalized spacial score (nSPS) is 27.8. The summed E-state index contributed by atoms with van der Waals surface area (Å²) in [6.07, 6.45) is 14.6. The Labute approximate surface area is 166 Å². The molecule has 144 valence electrons. The Morgan fingerprint density at radius 3 is 2.86 bits per heavy atom. The van der Waals surface area contributed by atoms with Gasteiger partial charge >= 0.3 is 0 Å². The molecule has 28 heavy (non-hydrogen) atoms. The van der Waals surface area contributed by atoms with Crippen molar-refractivity contribution in [1.82, 2.24) is 25.1 Å². The smallest absolute Gasteiger partial charge is 0.125 e. The zero-order valence-electron chi connectivity index (χ0n) is 17.0. The summed E-state index contributed by atoms with van der Waals surface area (Å²) in [6.45, 7) is 5.15. The molecule has 1 aromatic heterocycles. The van der Waals surface area contributed by atoms with Crippen molar-refractivity contribution in [3.63, 3.8) is 0 Å². The highest BCUT2D eigenvalue weighted by Crippen LogP contribution is 2.54. The first-order chi connectivity index (χ1) is 13.5. The first-order valence-electron chi connectivity index (χ1n) is 10.0. The number of aryl methyl sites for hydroxylation is 1. The topological polar surface area (TPSA) is 44.3 Å². The van der Waals surface area contributed by atoms with E-state index in [1.165, 1.54) is 28.8 Å². The molecule has 1 fully saturated rings. The lowest BCUT2D eigenvalue weighted by Crippen LogP contribution is -2.35. The zero-order chi connectivity index (χ0) is 19.4. The highest BCUT2D eigenvalue weighted by atomic mass is 15.3. The summed E-state index contributed by atoms with van der Waals surface area (Å²) in [7, 11) is 4.22. The van der Waals surface area contributed by atoms with Crippen LogP contribution in [0.5, 0.6) is 0 Å².